The van der Waals surface area contributed by atoms with Gasteiger partial charge in [0.1, 0.15) is 0 Å². The Bertz CT molecular complexity index is 512. The van der Waals surface area contributed by atoms with E-state index in [-0.39, 0.29) is 0 Å². The van der Waals surface area contributed by atoms with Crippen LogP contribution in [0.4, 0.5) is 0 Å². The summed E-state index contributed by atoms with van der Waals surface area (Å²) < 4.78 is 2.02. The molecule has 0 atom stereocenters. The van der Waals surface area contributed by atoms with Crippen LogP contribution in [-0.2, 0) is 6.54 Å². The highest BCUT2D eigenvalue weighted by molar-refractivity contribution is 5.93. The third-order valence-corrected chi connectivity index (χ3v) is 2.38. The van der Waals surface area contributed by atoms with Gasteiger partial charge in [-0.2, -0.15) is 4.57 Å². The van der Waals surface area contributed by atoms with Crippen molar-refractivity contribution >= 4 is 17.2 Å². The summed E-state index contributed by atoms with van der Waals surface area (Å²) in [6, 6.07) is 9.70. The summed E-state index contributed by atoms with van der Waals surface area (Å²) in [5.74, 6) is 0. The summed E-state index contributed by atoms with van der Waals surface area (Å²) >= 11 is 0. The molecule has 0 saturated carbocycles. The predicted octanol–water partition coefficient (Wildman–Crippen LogP) is 2.13. The van der Waals surface area contributed by atoms with E-state index < -0.39 is 0 Å². The lowest BCUT2D eigenvalue weighted by atomic mass is 10.1. The third kappa shape index (κ3) is 1.66. The first-order valence-electron chi connectivity index (χ1n) is 4.84. The molecule has 0 unspecified atom stereocenters. The highest BCUT2D eigenvalue weighted by Crippen LogP contribution is 2.12. The van der Waals surface area contributed by atoms with E-state index in [0.717, 1.165) is 22.8 Å². The minimum Gasteiger partial charge on any atom is -0.298 e. The molecule has 0 N–H and O–H groups in total. The quantitative estimate of drug-likeness (QED) is 0.420. The molecule has 2 aromatic rings. The number of pyridine rings is 1. The van der Waals surface area contributed by atoms with Crippen molar-refractivity contribution in [1.29, 1.82) is 0 Å². The van der Waals surface area contributed by atoms with E-state index in [1.54, 1.807) is 0 Å². The van der Waals surface area contributed by atoms with Crippen LogP contribution in [0.3, 0.4) is 0 Å². The second kappa shape index (κ2) is 4.05. The van der Waals surface area contributed by atoms with Gasteiger partial charge in [0.2, 0.25) is 5.52 Å². The van der Waals surface area contributed by atoms with Crippen LogP contribution in [0.2, 0.25) is 0 Å². The highest BCUT2D eigenvalue weighted by Gasteiger charge is 2.10. The second-order valence-electron chi connectivity index (χ2n) is 3.35. The molecule has 2 nitrogen and oxygen atoms in total. The summed E-state index contributed by atoms with van der Waals surface area (Å²) in [7, 11) is 0. The Labute approximate surface area is 88.5 Å². The fourth-order valence-corrected chi connectivity index (χ4v) is 1.76. The zero-order valence-corrected chi connectivity index (χ0v) is 8.39. The van der Waals surface area contributed by atoms with Crippen LogP contribution < -0.4 is 4.57 Å². The van der Waals surface area contributed by atoms with Gasteiger partial charge in [0.05, 0.1) is 5.56 Å². The fraction of sp³-hybridized carbons (Fsp3) is 0.0769. The van der Waals surface area contributed by atoms with Gasteiger partial charge >= 0.3 is 0 Å². The maximum Gasteiger partial charge on any atom is 0.223 e. The number of aromatic nitrogens is 1. The minimum absolute atomic E-state index is 0.711. The standard InChI is InChI=1S/C13H12NO/c1-2-8-14-9-4-7-11-5-3-6-12(10-15)13(11)14/h2-7,9-10H,1,8H2/q+1. The van der Waals surface area contributed by atoms with Crippen molar-refractivity contribution in [3.05, 3.63) is 54.7 Å². The summed E-state index contributed by atoms with van der Waals surface area (Å²) in [5.41, 5.74) is 1.69. The third-order valence-electron chi connectivity index (χ3n) is 2.38. The van der Waals surface area contributed by atoms with Crippen LogP contribution in [0.5, 0.6) is 0 Å². The molecular formula is C13H12NO+. The normalized spacial score (nSPS) is 10.1. The van der Waals surface area contributed by atoms with Crippen molar-refractivity contribution in [2.45, 2.75) is 6.54 Å². The smallest absolute Gasteiger partial charge is 0.223 e. The monoisotopic (exact) mass is 198 g/mol. The van der Waals surface area contributed by atoms with Crippen molar-refractivity contribution in [1.82, 2.24) is 0 Å². The summed E-state index contributed by atoms with van der Waals surface area (Å²) in [6.07, 6.45) is 4.67. The Morgan fingerprint density at radius 2 is 2.07 bits per heavy atom. The Morgan fingerprint density at radius 1 is 1.27 bits per heavy atom. The number of carbonyl (C=O) groups is 1. The number of benzene rings is 1. The number of carbonyl (C=O) groups excluding carboxylic acids is 1. The van der Waals surface area contributed by atoms with Gasteiger partial charge in [0.15, 0.2) is 19.0 Å². The number of para-hydroxylation sites is 1. The van der Waals surface area contributed by atoms with Gasteiger partial charge in [-0.3, -0.25) is 4.79 Å². The molecule has 0 aliphatic carbocycles. The van der Waals surface area contributed by atoms with E-state index in [2.05, 4.69) is 6.58 Å². The molecular weight excluding hydrogens is 186 g/mol. The molecule has 1 aromatic carbocycles. The maximum atomic E-state index is 10.9. The Balaban J connectivity index is 2.80. The minimum atomic E-state index is 0.711. The molecule has 15 heavy (non-hydrogen) atoms. The zero-order valence-electron chi connectivity index (χ0n) is 8.39. The number of fused-ring (bicyclic) bond motifs is 1. The van der Waals surface area contributed by atoms with Gasteiger partial charge < -0.3 is 0 Å². The van der Waals surface area contributed by atoms with Crippen LogP contribution in [0.25, 0.3) is 10.9 Å². The van der Waals surface area contributed by atoms with E-state index in [0.29, 0.717) is 6.54 Å². The number of aldehydes is 1. The van der Waals surface area contributed by atoms with Crippen molar-refractivity contribution in [2.75, 3.05) is 0 Å². The van der Waals surface area contributed by atoms with Crippen LogP contribution >= 0.6 is 0 Å². The van der Waals surface area contributed by atoms with Crippen molar-refractivity contribution in [3.8, 4) is 0 Å². The second-order valence-corrected chi connectivity index (χ2v) is 3.35. The van der Waals surface area contributed by atoms with Gasteiger partial charge in [-0.1, -0.05) is 12.6 Å². The van der Waals surface area contributed by atoms with Crippen LogP contribution in [0.15, 0.2) is 49.2 Å². The SMILES string of the molecule is C=CC[n+]1cccc2cccc(C=O)c21. The van der Waals surface area contributed by atoms with Crippen LogP contribution in [0, 0.1) is 0 Å². The number of hydrogen-bond donors (Lipinski definition) is 0. The first kappa shape index (κ1) is 9.59. The fourth-order valence-electron chi connectivity index (χ4n) is 1.76. The molecule has 0 aliphatic rings. The van der Waals surface area contributed by atoms with E-state index in [4.69, 9.17) is 0 Å². The number of nitrogens with zero attached hydrogens (tertiary/aromatic N) is 1. The van der Waals surface area contributed by atoms with E-state index in [1.165, 1.54) is 0 Å². The van der Waals surface area contributed by atoms with Gasteiger partial charge in [-0.05, 0) is 24.3 Å². The maximum absolute atomic E-state index is 10.9. The average molecular weight is 198 g/mol. The van der Waals surface area contributed by atoms with Crippen molar-refractivity contribution < 1.29 is 9.36 Å². The zero-order chi connectivity index (χ0) is 10.7. The molecule has 1 heterocycles. The van der Waals surface area contributed by atoms with Gasteiger partial charge in [0, 0.05) is 11.5 Å². The Kier molecular flexibility index (Phi) is 2.59. The van der Waals surface area contributed by atoms with Crippen molar-refractivity contribution in [2.24, 2.45) is 0 Å². The van der Waals surface area contributed by atoms with Gasteiger partial charge in [0.25, 0.3) is 0 Å². The van der Waals surface area contributed by atoms with E-state index in [9.17, 15) is 4.79 Å². The molecule has 2 rings (SSSR count). The Morgan fingerprint density at radius 3 is 2.80 bits per heavy atom. The summed E-state index contributed by atoms with van der Waals surface area (Å²) in [5, 5.41) is 1.07. The molecule has 0 radical (unpaired) electrons. The molecule has 0 amide bonds. The molecule has 0 bridgehead atoms. The molecule has 0 spiro atoms. The lowest BCUT2D eigenvalue weighted by Crippen LogP contribution is -2.33. The molecule has 74 valence electrons. The first-order valence-corrected chi connectivity index (χ1v) is 4.84. The topological polar surface area (TPSA) is 20.9 Å². The predicted molar refractivity (Wildman–Crippen MR) is 59.7 cm³/mol. The summed E-state index contributed by atoms with van der Waals surface area (Å²) in [4.78, 5) is 10.9. The molecule has 0 fully saturated rings. The number of allylic oxidation sites excluding steroid dienone is 1. The van der Waals surface area contributed by atoms with E-state index >= 15 is 0 Å². The highest BCUT2D eigenvalue weighted by atomic mass is 16.1. The van der Waals surface area contributed by atoms with Gasteiger partial charge in [-0.25, -0.2) is 0 Å². The molecule has 2 heteroatoms. The molecule has 0 aliphatic heterocycles. The average Bonchev–Trinajstić information content (AvgIpc) is 2.29. The number of hydrogen-bond acceptors (Lipinski definition) is 1. The molecule has 0 saturated heterocycles. The number of rotatable bonds is 3. The van der Waals surface area contributed by atoms with Gasteiger partial charge in [-0.15, -0.1) is 0 Å². The molecule has 1 aromatic heterocycles. The lowest BCUT2D eigenvalue weighted by Gasteiger charge is -2.00. The lowest BCUT2D eigenvalue weighted by molar-refractivity contribution is -0.661. The largest absolute Gasteiger partial charge is 0.298 e. The van der Waals surface area contributed by atoms with E-state index in [1.807, 2.05) is 47.2 Å². The van der Waals surface area contributed by atoms with Crippen LogP contribution in [0.1, 0.15) is 10.4 Å². The summed E-state index contributed by atoms with van der Waals surface area (Å²) in [6.45, 7) is 4.42. The van der Waals surface area contributed by atoms with Crippen LogP contribution in [-0.4, -0.2) is 6.29 Å². The van der Waals surface area contributed by atoms with Crippen molar-refractivity contribution in [3.63, 3.8) is 0 Å². The Hall–Kier alpha value is -1.96. The first-order chi connectivity index (χ1) is 7.36.